The Morgan fingerprint density at radius 1 is 1.33 bits per heavy atom. The summed E-state index contributed by atoms with van der Waals surface area (Å²) in [5, 5.41) is 4.20. The first-order valence-corrected chi connectivity index (χ1v) is 5.94. The Kier molecular flexibility index (Phi) is 3.67. The number of benzene rings is 1. The van der Waals surface area contributed by atoms with Gasteiger partial charge in [-0.2, -0.15) is 0 Å². The third-order valence-corrected chi connectivity index (χ3v) is 2.93. The van der Waals surface area contributed by atoms with E-state index in [0.29, 0.717) is 0 Å². The van der Waals surface area contributed by atoms with Gasteiger partial charge in [-0.25, -0.2) is 0 Å². The number of methoxy groups -OCH3 is 1. The Morgan fingerprint density at radius 3 is 2.72 bits per heavy atom. The van der Waals surface area contributed by atoms with E-state index >= 15 is 0 Å². The molecular formula is C14H17NO3. The van der Waals surface area contributed by atoms with Gasteiger partial charge in [0, 0.05) is 5.39 Å². The summed E-state index contributed by atoms with van der Waals surface area (Å²) in [6.07, 6.45) is 0. The Morgan fingerprint density at radius 2 is 2.06 bits per heavy atom. The molecule has 0 radical (unpaired) electrons. The van der Waals surface area contributed by atoms with E-state index in [4.69, 9.17) is 4.42 Å². The number of carbonyl (C=O) groups is 1. The lowest BCUT2D eigenvalue weighted by atomic mass is 10.2. The summed E-state index contributed by atoms with van der Waals surface area (Å²) in [6.45, 7) is 3.72. The Bertz CT molecular complexity index is 514. The Hall–Kier alpha value is -1.81. The van der Waals surface area contributed by atoms with Crippen LogP contribution < -0.4 is 5.32 Å². The summed E-state index contributed by atoms with van der Waals surface area (Å²) >= 11 is 0. The molecule has 1 aromatic carbocycles. The first kappa shape index (κ1) is 12.6. The second-order valence-corrected chi connectivity index (χ2v) is 4.32. The molecule has 4 heteroatoms. The summed E-state index contributed by atoms with van der Waals surface area (Å²) in [7, 11) is 1.38. The second-order valence-electron chi connectivity index (χ2n) is 4.32. The van der Waals surface area contributed by atoms with Crippen LogP contribution in [0.4, 0.5) is 0 Å². The average molecular weight is 247 g/mol. The van der Waals surface area contributed by atoms with Crippen LogP contribution in [0.5, 0.6) is 0 Å². The van der Waals surface area contributed by atoms with E-state index in [1.165, 1.54) is 7.11 Å². The molecule has 0 saturated heterocycles. The van der Waals surface area contributed by atoms with E-state index in [1.807, 2.05) is 37.3 Å². The van der Waals surface area contributed by atoms with E-state index in [1.54, 1.807) is 6.92 Å². The van der Waals surface area contributed by atoms with Crippen molar-refractivity contribution >= 4 is 16.9 Å². The molecule has 2 atom stereocenters. The molecule has 0 aliphatic carbocycles. The van der Waals surface area contributed by atoms with Crippen molar-refractivity contribution in [1.29, 1.82) is 0 Å². The third kappa shape index (κ3) is 2.54. The van der Waals surface area contributed by atoms with Crippen LogP contribution in [0.25, 0.3) is 11.0 Å². The van der Waals surface area contributed by atoms with Gasteiger partial charge in [0.25, 0.3) is 0 Å². The molecule has 0 amide bonds. The van der Waals surface area contributed by atoms with Crippen molar-refractivity contribution in [2.75, 3.05) is 7.11 Å². The minimum absolute atomic E-state index is 0.0495. The van der Waals surface area contributed by atoms with Crippen LogP contribution in [-0.4, -0.2) is 19.1 Å². The molecule has 2 aromatic rings. The molecule has 96 valence electrons. The summed E-state index contributed by atoms with van der Waals surface area (Å²) in [5.41, 5.74) is 0.854. The van der Waals surface area contributed by atoms with E-state index < -0.39 is 0 Å². The highest BCUT2D eigenvalue weighted by Gasteiger charge is 2.18. The summed E-state index contributed by atoms with van der Waals surface area (Å²) in [5.74, 6) is 0.532. The average Bonchev–Trinajstić information content (AvgIpc) is 2.81. The number of esters is 1. The molecule has 0 spiro atoms. The van der Waals surface area contributed by atoms with Crippen molar-refractivity contribution in [1.82, 2.24) is 5.32 Å². The molecule has 18 heavy (non-hydrogen) atoms. The minimum Gasteiger partial charge on any atom is -0.468 e. The van der Waals surface area contributed by atoms with Gasteiger partial charge in [-0.15, -0.1) is 0 Å². The van der Waals surface area contributed by atoms with Crippen molar-refractivity contribution in [2.24, 2.45) is 0 Å². The van der Waals surface area contributed by atoms with Crippen LogP contribution in [-0.2, 0) is 9.53 Å². The molecule has 1 aromatic heterocycles. The van der Waals surface area contributed by atoms with Gasteiger partial charge in [-0.1, -0.05) is 18.2 Å². The number of para-hydroxylation sites is 1. The van der Waals surface area contributed by atoms with Crippen LogP contribution in [0.2, 0.25) is 0 Å². The number of rotatable bonds is 4. The summed E-state index contributed by atoms with van der Waals surface area (Å²) in [6, 6.07) is 9.40. The van der Waals surface area contributed by atoms with Gasteiger partial charge in [0.1, 0.15) is 17.4 Å². The van der Waals surface area contributed by atoms with Crippen LogP contribution >= 0.6 is 0 Å². The van der Waals surface area contributed by atoms with E-state index in [9.17, 15) is 4.79 Å². The molecule has 4 nitrogen and oxygen atoms in total. The van der Waals surface area contributed by atoms with Gasteiger partial charge in [0.05, 0.1) is 13.2 Å². The van der Waals surface area contributed by atoms with Crippen molar-refractivity contribution in [3.05, 3.63) is 36.1 Å². The fraction of sp³-hybridized carbons (Fsp3) is 0.357. The summed E-state index contributed by atoms with van der Waals surface area (Å²) < 4.78 is 10.4. The number of ether oxygens (including phenoxy) is 1. The molecule has 1 heterocycles. The normalized spacial score (nSPS) is 14.4. The smallest absolute Gasteiger partial charge is 0.322 e. The van der Waals surface area contributed by atoms with Crippen LogP contribution in [0.15, 0.2) is 34.7 Å². The highest BCUT2D eigenvalue weighted by Crippen LogP contribution is 2.23. The van der Waals surface area contributed by atoms with Gasteiger partial charge in [0.15, 0.2) is 0 Å². The van der Waals surface area contributed by atoms with Gasteiger partial charge in [-0.3, -0.25) is 10.1 Å². The number of nitrogens with one attached hydrogen (secondary N) is 1. The maximum absolute atomic E-state index is 11.3. The van der Waals surface area contributed by atoms with Crippen molar-refractivity contribution in [3.8, 4) is 0 Å². The predicted molar refractivity (Wildman–Crippen MR) is 69.2 cm³/mol. The molecule has 0 saturated carbocycles. The zero-order valence-electron chi connectivity index (χ0n) is 10.8. The zero-order valence-corrected chi connectivity index (χ0v) is 10.8. The standard InChI is InChI=1S/C14H17NO3/c1-9(15-10(2)14(16)17-3)13-8-11-6-4-5-7-12(11)18-13/h4-10,15H,1-3H3/t9?,10-/m0/s1. The van der Waals surface area contributed by atoms with Crippen LogP contribution in [0.1, 0.15) is 25.6 Å². The maximum Gasteiger partial charge on any atom is 0.322 e. The fourth-order valence-corrected chi connectivity index (χ4v) is 1.92. The quantitative estimate of drug-likeness (QED) is 0.844. The van der Waals surface area contributed by atoms with Crippen molar-refractivity contribution in [3.63, 3.8) is 0 Å². The molecule has 0 fully saturated rings. The molecule has 0 aliphatic heterocycles. The molecule has 2 rings (SSSR count). The van der Waals surface area contributed by atoms with E-state index in [-0.39, 0.29) is 18.1 Å². The molecule has 1 N–H and O–H groups in total. The van der Waals surface area contributed by atoms with E-state index in [0.717, 1.165) is 16.7 Å². The number of fused-ring (bicyclic) bond motifs is 1. The number of hydrogen-bond donors (Lipinski definition) is 1. The van der Waals surface area contributed by atoms with Gasteiger partial charge in [0.2, 0.25) is 0 Å². The second kappa shape index (κ2) is 5.23. The fourth-order valence-electron chi connectivity index (χ4n) is 1.92. The largest absolute Gasteiger partial charge is 0.468 e. The van der Waals surface area contributed by atoms with Crippen LogP contribution in [0, 0.1) is 0 Å². The zero-order chi connectivity index (χ0) is 13.1. The van der Waals surface area contributed by atoms with E-state index in [2.05, 4.69) is 10.1 Å². The predicted octanol–water partition coefficient (Wildman–Crippen LogP) is 2.64. The number of carbonyl (C=O) groups excluding carboxylic acids is 1. The lowest BCUT2D eigenvalue weighted by Crippen LogP contribution is -2.36. The third-order valence-electron chi connectivity index (χ3n) is 2.93. The minimum atomic E-state index is -0.363. The molecular weight excluding hydrogens is 230 g/mol. The number of hydrogen-bond acceptors (Lipinski definition) is 4. The monoisotopic (exact) mass is 247 g/mol. The molecule has 1 unspecified atom stereocenters. The topological polar surface area (TPSA) is 51.5 Å². The lowest BCUT2D eigenvalue weighted by Gasteiger charge is -2.16. The lowest BCUT2D eigenvalue weighted by molar-refractivity contribution is -0.142. The highest BCUT2D eigenvalue weighted by molar-refractivity contribution is 5.78. The van der Waals surface area contributed by atoms with Gasteiger partial charge in [-0.05, 0) is 26.0 Å². The van der Waals surface area contributed by atoms with Crippen LogP contribution in [0.3, 0.4) is 0 Å². The molecule has 0 bridgehead atoms. The van der Waals surface area contributed by atoms with Gasteiger partial charge >= 0.3 is 5.97 Å². The Balaban J connectivity index is 2.13. The number of furan rings is 1. The summed E-state index contributed by atoms with van der Waals surface area (Å²) in [4.78, 5) is 11.3. The maximum atomic E-state index is 11.3. The SMILES string of the molecule is COC(=O)[C@H](C)NC(C)c1cc2ccccc2o1. The van der Waals surface area contributed by atoms with Gasteiger partial charge < -0.3 is 9.15 Å². The van der Waals surface area contributed by atoms with Crippen molar-refractivity contribution in [2.45, 2.75) is 25.9 Å². The Labute approximate surface area is 106 Å². The molecule has 0 aliphatic rings. The highest BCUT2D eigenvalue weighted by atomic mass is 16.5. The van der Waals surface area contributed by atoms with Crippen molar-refractivity contribution < 1.29 is 13.9 Å². The first-order chi connectivity index (χ1) is 8.61. The first-order valence-electron chi connectivity index (χ1n) is 5.94.